The first-order valence-electron chi connectivity index (χ1n) is 13.8. The van der Waals surface area contributed by atoms with Gasteiger partial charge < -0.3 is 19.0 Å². The van der Waals surface area contributed by atoms with E-state index in [9.17, 15) is 18.0 Å². The van der Waals surface area contributed by atoms with Crippen molar-refractivity contribution in [3.05, 3.63) is 52.6 Å². The van der Waals surface area contributed by atoms with Gasteiger partial charge in [-0.15, -0.1) is 0 Å². The molecule has 11 heteroatoms. The van der Waals surface area contributed by atoms with Crippen molar-refractivity contribution in [1.29, 1.82) is 0 Å². The van der Waals surface area contributed by atoms with Crippen molar-refractivity contribution in [2.24, 2.45) is 0 Å². The molecule has 0 atom stereocenters. The van der Waals surface area contributed by atoms with Crippen LogP contribution >= 0.6 is 0 Å². The molecule has 0 radical (unpaired) electrons. The van der Waals surface area contributed by atoms with E-state index in [4.69, 9.17) is 13.7 Å². The molecule has 5 rings (SSSR count). The maximum absolute atomic E-state index is 13.7. The van der Waals surface area contributed by atoms with Crippen LogP contribution in [0, 0.1) is 0 Å². The lowest BCUT2D eigenvalue weighted by Gasteiger charge is -2.26. The predicted octanol–water partition coefficient (Wildman–Crippen LogP) is 4.81. The van der Waals surface area contributed by atoms with Gasteiger partial charge in [-0.05, 0) is 76.5 Å². The first-order chi connectivity index (χ1) is 19.3. The van der Waals surface area contributed by atoms with Crippen molar-refractivity contribution in [1.82, 2.24) is 14.8 Å². The minimum absolute atomic E-state index is 0.0337. The number of rotatable bonds is 7. The Balaban J connectivity index is 1.72. The molecule has 0 saturated carbocycles. The molecule has 0 spiro atoms. The highest BCUT2D eigenvalue weighted by Gasteiger charge is 2.33. The van der Waals surface area contributed by atoms with Crippen LogP contribution in [0.15, 0.2) is 30.3 Å². The van der Waals surface area contributed by atoms with E-state index in [1.54, 1.807) is 26.8 Å². The zero-order chi connectivity index (χ0) is 29.5. The zero-order valence-electron chi connectivity index (χ0n) is 24.2. The maximum atomic E-state index is 13.7. The van der Waals surface area contributed by atoms with Crippen molar-refractivity contribution in [3.63, 3.8) is 0 Å². The van der Waals surface area contributed by atoms with Gasteiger partial charge in [0.25, 0.3) is 5.91 Å². The summed E-state index contributed by atoms with van der Waals surface area (Å²) in [6, 6.07) is 9.56. The summed E-state index contributed by atoms with van der Waals surface area (Å²) >= 11 is 0. The second kappa shape index (κ2) is 11.1. The Bertz CT molecular complexity index is 1610. The van der Waals surface area contributed by atoms with E-state index in [2.05, 4.69) is 16.3 Å². The number of fused-ring (bicyclic) bond motifs is 2. The lowest BCUT2D eigenvalue weighted by Crippen LogP contribution is -2.29. The van der Waals surface area contributed by atoms with Gasteiger partial charge in [0.05, 0.1) is 29.6 Å². The Morgan fingerprint density at radius 2 is 1.80 bits per heavy atom. The summed E-state index contributed by atoms with van der Waals surface area (Å²) in [4.78, 5) is 29.3. The summed E-state index contributed by atoms with van der Waals surface area (Å²) in [5, 5.41) is 3.61. The molecule has 0 aliphatic carbocycles. The molecule has 41 heavy (non-hydrogen) atoms. The summed E-state index contributed by atoms with van der Waals surface area (Å²) in [5.74, 6) is -0.320. The van der Waals surface area contributed by atoms with Gasteiger partial charge in [0.1, 0.15) is 5.60 Å². The third-order valence-electron chi connectivity index (χ3n) is 7.22. The smallest absolute Gasteiger partial charge is 0.419 e. The van der Waals surface area contributed by atoms with Gasteiger partial charge in [-0.25, -0.2) is 9.36 Å². The molecule has 1 N–H and O–H groups in total. The molecule has 0 bridgehead atoms. The van der Waals surface area contributed by atoms with E-state index in [0.29, 0.717) is 27.9 Å². The Kier molecular flexibility index (Phi) is 7.88. The quantitative estimate of drug-likeness (QED) is 0.394. The normalized spacial score (nSPS) is 16.1. The topological polar surface area (TPSA) is 116 Å². The van der Waals surface area contributed by atoms with Crippen LogP contribution in [-0.2, 0) is 39.3 Å². The summed E-state index contributed by atoms with van der Waals surface area (Å²) in [6.07, 6.45) is 4.02. The van der Waals surface area contributed by atoms with Crippen molar-refractivity contribution >= 4 is 33.0 Å². The van der Waals surface area contributed by atoms with Crippen molar-refractivity contribution in [3.8, 4) is 17.0 Å². The van der Waals surface area contributed by atoms with Gasteiger partial charge in [-0.2, -0.15) is 8.42 Å². The fraction of sp³-hybridized carbons (Fsp3) is 0.467. The minimum Gasteiger partial charge on any atom is -0.443 e. The number of benzene rings is 2. The SMILES string of the molecule is COCc1cc(-c2cc3cc(CN4CCCCC4)ccc3n2C(=O)OC(C)(C)C)c2c(c1OS(C)(=O)=O)CNC2=O. The molecule has 1 fully saturated rings. The number of nitrogens with zero attached hydrogens (tertiary/aromatic N) is 2. The average molecular weight is 584 g/mol. The van der Waals surface area contributed by atoms with Crippen molar-refractivity contribution in [2.75, 3.05) is 26.5 Å². The van der Waals surface area contributed by atoms with E-state index >= 15 is 0 Å². The standard InChI is InChI=1S/C30H37N3O7S/c1-30(2,3)39-29(35)33-24-10-9-19(17-32-11-7-6-8-12-32)13-20(24)15-25(33)22-14-21(18-38-4)27(40-41(5,36)37)23-16-31-28(34)26(22)23/h9-10,13-15H,6-8,11-12,16-18H2,1-5H3,(H,31,34). The van der Waals surface area contributed by atoms with Crippen LogP contribution in [0.5, 0.6) is 5.75 Å². The summed E-state index contributed by atoms with van der Waals surface area (Å²) in [6.45, 7) is 8.45. The maximum Gasteiger partial charge on any atom is 0.419 e. The monoisotopic (exact) mass is 583 g/mol. The lowest BCUT2D eigenvalue weighted by molar-refractivity contribution is 0.0546. The van der Waals surface area contributed by atoms with Gasteiger partial charge in [-0.3, -0.25) is 9.69 Å². The highest BCUT2D eigenvalue weighted by atomic mass is 32.2. The number of methoxy groups -OCH3 is 1. The number of nitrogens with one attached hydrogen (secondary N) is 1. The number of hydrogen-bond donors (Lipinski definition) is 1. The number of hydrogen-bond acceptors (Lipinski definition) is 8. The van der Waals surface area contributed by atoms with E-state index < -0.39 is 21.8 Å². The summed E-state index contributed by atoms with van der Waals surface area (Å²) in [7, 11) is -2.40. The van der Waals surface area contributed by atoms with Crippen LogP contribution in [0.2, 0.25) is 0 Å². The number of carbonyl (C=O) groups excluding carboxylic acids is 2. The predicted molar refractivity (Wildman–Crippen MR) is 155 cm³/mol. The molecule has 3 aromatic rings. The van der Waals surface area contributed by atoms with Crippen molar-refractivity contribution < 1.29 is 31.7 Å². The number of aromatic nitrogens is 1. The van der Waals surface area contributed by atoms with Gasteiger partial charge in [0.2, 0.25) is 0 Å². The van der Waals surface area contributed by atoms with Crippen LogP contribution < -0.4 is 9.50 Å². The highest BCUT2D eigenvalue weighted by molar-refractivity contribution is 7.86. The van der Waals surface area contributed by atoms with Gasteiger partial charge in [0.15, 0.2) is 5.75 Å². The van der Waals surface area contributed by atoms with Crippen LogP contribution in [0.25, 0.3) is 22.2 Å². The van der Waals surface area contributed by atoms with Crippen LogP contribution in [0.3, 0.4) is 0 Å². The zero-order valence-corrected chi connectivity index (χ0v) is 25.0. The molecule has 220 valence electrons. The lowest BCUT2D eigenvalue weighted by atomic mass is 9.95. The molecule has 1 aromatic heterocycles. The number of piperidine rings is 1. The van der Waals surface area contributed by atoms with Gasteiger partial charge in [0, 0.05) is 42.3 Å². The fourth-order valence-electron chi connectivity index (χ4n) is 5.63. The average Bonchev–Trinajstić information content (AvgIpc) is 3.45. The van der Waals surface area contributed by atoms with E-state index in [-0.39, 0.29) is 30.4 Å². The molecule has 10 nitrogen and oxygen atoms in total. The third kappa shape index (κ3) is 6.27. The van der Waals surface area contributed by atoms with Gasteiger partial charge in [-0.1, -0.05) is 12.5 Å². The van der Waals surface area contributed by atoms with E-state index in [1.165, 1.54) is 30.9 Å². The van der Waals surface area contributed by atoms with Crippen molar-refractivity contribution in [2.45, 2.75) is 65.3 Å². The van der Waals surface area contributed by atoms with Crippen LogP contribution in [0.1, 0.15) is 67.1 Å². The Morgan fingerprint density at radius 1 is 1.07 bits per heavy atom. The Labute approximate surface area is 240 Å². The van der Waals surface area contributed by atoms with Crippen LogP contribution in [-0.4, -0.2) is 61.9 Å². The largest absolute Gasteiger partial charge is 0.443 e. The van der Waals surface area contributed by atoms with Crippen LogP contribution in [0.4, 0.5) is 4.79 Å². The molecular formula is C30H37N3O7S. The number of carbonyl (C=O) groups is 2. The molecule has 1 saturated heterocycles. The van der Waals surface area contributed by atoms with Gasteiger partial charge >= 0.3 is 16.2 Å². The molecular weight excluding hydrogens is 546 g/mol. The van der Waals surface area contributed by atoms with E-state index in [1.807, 2.05) is 18.2 Å². The second-order valence-electron chi connectivity index (χ2n) is 11.7. The first kappa shape index (κ1) is 29.1. The Morgan fingerprint density at radius 3 is 2.46 bits per heavy atom. The Hall–Kier alpha value is -3.41. The molecule has 1 amide bonds. The number of ether oxygens (including phenoxy) is 2. The molecule has 3 heterocycles. The second-order valence-corrected chi connectivity index (χ2v) is 13.3. The minimum atomic E-state index is -3.89. The highest BCUT2D eigenvalue weighted by Crippen LogP contribution is 2.41. The summed E-state index contributed by atoms with van der Waals surface area (Å²) in [5.41, 5.74) is 3.04. The summed E-state index contributed by atoms with van der Waals surface area (Å²) < 4.78 is 42.3. The molecule has 2 aromatic carbocycles. The third-order valence-corrected chi connectivity index (χ3v) is 7.69. The van der Waals surface area contributed by atoms with E-state index in [0.717, 1.165) is 36.8 Å². The molecule has 0 unspecified atom stereocenters. The fourth-order valence-corrected chi connectivity index (χ4v) is 6.14. The first-order valence-corrected chi connectivity index (χ1v) is 15.6. The number of amides is 1. The molecule has 2 aliphatic heterocycles. The molecule has 2 aliphatic rings. The number of likely N-dealkylation sites (tertiary alicyclic amines) is 1.